The highest BCUT2D eigenvalue weighted by Crippen LogP contribution is 2.30. The number of hydrogen-bond acceptors (Lipinski definition) is 2. The first-order chi connectivity index (χ1) is 8.97. The minimum absolute atomic E-state index is 0.140. The van der Waals surface area contributed by atoms with Crippen molar-refractivity contribution in [3.63, 3.8) is 0 Å². The van der Waals surface area contributed by atoms with Crippen LogP contribution >= 0.6 is 0 Å². The van der Waals surface area contributed by atoms with Crippen LogP contribution in [0.1, 0.15) is 35.2 Å². The van der Waals surface area contributed by atoms with E-state index in [-0.39, 0.29) is 17.3 Å². The number of alkyl halides is 3. The average molecular weight is 272 g/mol. The van der Waals surface area contributed by atoms with Gasteiger partial charge in [0.25, 0.3) is 0 Å². The third-order valence-electron chi connectivity index (χ3n) is 3.33. The predicted octanol–water partition coefficient (Wildman–Crippen LogP) is 3.70. The van der Waals surface area contributed by atoms with Gasteiger partial charge in [-0.1, -0.05) is 12.1 Å². The summed E-state index contributed by atoms with van der Waals surface area (Å²) >= 11 is 0. The van der Waals surface area contributed by atoms with Gasteiger partial charge in [-0.3, -0.25) is 4.79 Å². The third kappa shape index (κ3) is 3.80. The predicted molar refractivity (Wildman–Crippen MR) is 63.9 cm³/mol. The van der Waals surface area contributed by atoms with E-state index in [1.54, 1.807) is 0 Å². The first-order valence-corrected chi connectivity index (χ1v) is 6.25. The first kappa shape index (κ1) is 14.1. The molecule has 1 aliphatic rings. The van der Waals surface area contributed by atoms with E-state index >= 15 is 0 Å². The Morgan fingerprint density at radius 1 is 1.26 bits per heavy atom. The lowest BCUT2D eigenvalue weighted by Gasteiger charge is -2.21. The Hall–Kier alpha value is -1.36. The smallest absolute Gasteiger partial charge is 0.381 e. The number of ether oxygens (including phenoxy) is 1. The number of rotatable bonds is 3. The first-order valence-electron chi connectivity index (χ1n) is 6.25. The molecule has 0 unspecified atom stereocenters. The number of Topliss-reactive ketones (excluding diaryl/α,β-unsaturated/α-hetero) is 1. The van der Waals surface area contributed by atoms with Gasteiger partial charge in [0, 0.05) is 25.2 Å². The zero-order valence-electron chi connectivity index (χ0n) is 10.4. The lowest BCUT2D eigenvalue weighted by atomic mass is 9.91. The molecule has 0 N–H and O–H groups in total. The fourth-order valence-corrected chi connectivity index (χ4v) is 2.20. The number of ketones is 1. The van der Waals surface area contributed by atoms with Crippen LogP contribution in [0.2, 0.25) is 0 Å². The molecule has 2 nitrogen and oxygen atoms in total. The lowest BCUT2D eigenvalue weighted by Crippen LogP contribution is -2.19. The molecule has 1 aromatic carbocycles. The summed E-state index contributed by atoms with van der Waals surface area (Å²) < 4.78 is 42.9. The van der Waals surface area contributed by atoms with Crippen LogP contribution in [0.4, 0.5) is 13.2 Å². The van der Waals surface area contributed by atoms with Gasteiger partial charge in [0.2, 0.25) is 0 Å². The van der Waals surface area contributed by atoms with Gasteiger partial charge in [0.05, 0.1) is 5.56 Å². The fraction of sp³-hybridized carbons (Fsp3) is 0.500. The summed E-state index contributed by atoms with van der Waals surface area (Å²) in [6.07, 6.45) is -2.52. The van der Waals surface area contributed by atoms with Crippen LogP contribution < -0.4 is 0 Å². The highest BCUT2D eigenvalue weighted by Gasteiger charge is 2.31. The molecule has 5 heteroatoms. The Labute approximate surface area is 109 Å². The quantitative estimate of drug-likeness (QED) is 0.784. The summed E-state index contributed by atoms with van der Waals surface area (Å²) in [5.41, 5.74) is -0.633. The Morgan fingerprint density at radius 3 is 2.58 bits per heavy atom. The molecular formula is C14H15F3O2. The van der Waals surface area contributed by atoms with Gasteiger partial charge in [-0.05, 0) is 30.9 Å². The summed E-state index contributed by atoms with van der Waals surface area (Å²) in [6, 6.07) is 4.63. The van der Waals surface area contributed by atoms with E-state index in [1.807, 2.05) is 0 Å². The van der Waals surface area contributed by atoms with Crippen molar-refractivity contribution >= 4 is 5.78 Å². The van der Waals surface area contributed by atoms with Crippen LogP contribution in [0.5, 0.6) is 0 Å². The monoisotopic (exact) mass is 272 g/mol. The Bertz CT molecular complexity index is 448. The molecule has 0 saturated carbocycles. The van der Waals surface area contributed by atoms with E-state index in [0.717, 1.165) is 25.0 Å². The summed E-state index contributed by atoms with van der Waals surface area (Å²) in [6.45, 7) is 1.25. The van der Waals surface area contributed by atoms with Crippen molar-refractivity contribution in [3.8, 4) is 0 Å². The van der Waals surface area contributed by atoms with E-state index in [9.17, 15) is 18.0 Å². The number of benzene rings is 1. The van der Waals surface area contributed by atoms with Crippen LogP contribution in [0, 0.1) is 5.92 Å². The average Bonchev–Trinajstić information content (AvgIpc) is 2.39. The van der Waals surface area contributed by atoms with Crippen molar-refractivity contribution in [1.29, 1.82) is 0 Å². The highest BCUT2D eigenvalue weighted by atomic mass is 19.4. The minimum atomic E-state index is -4.41. The molecule has 1 saturated heterocycles. The molecule has 0 amide bonds. The second-order valence-corrected chi connectivity index (χ2v) is 4.76. The van der Waals surface area contributed by atoms with E-state index < -0.39 is 11.7 Å². The molecule has 0 bridgehead atoms. The SMILES string of the molecule is O=C(CC1CCOCC1)c1cccc(C(F)(F)F)c1. The van der Waals surface area contributed by atoms with Gasteiger partial charge in [0.15, 0.2) is 5.78 Å². The molecule has 0 radical (unpaired) electrons. The Morgan fingerprint density at radius 2 is 1.95 bits per heavy atom. The molecule has 1 fully saturated rings. The molecule has 2 rings (SSSR count). The normalized spacial score (nSPS) is 17.4. The van der Waals surface area contributed by atoms with Crippen molar-refractivity contribution < 1.29 is 22.7 Å². The highest BCUT2D eigenvalue weighted by molar-refractivity contribution is 5.96. The van der Waals surface area contributed by atoms with E-state index in [4.69, 9.17) is 4.74 Å². The Kier molecular flexibility index (Phi) is 4.24. The summed E-state index contributed by atoms with van der Waals surface area (Å²) in [5, 5.41) is 0. The topological polar surface area (TPSA) is 26.3 Å². The second kappa shape index (κ2) is 5.74. The van der Waals surface area contributed by atoms with E-state index in [2.05, 4.69) is 0 Å². The largest absolute Gasteiger partial charge is 0.416 e. The maximum Gasteiger partial charge on any atom is 0.416 e. The number of carbonyl (C=O) groups excluding carboxylic acids is 1. The van der Waals surface area contributed by atoms with Gasteiger partial charge < -0.3 is 4.74 Å². The molecule has 1 aliphatic heterocycles. The van der Waals surface area contributed by atoms with E-state index in [0.29, 0.717) is 19.6 Å². The van der Waals surface area contributed by atoms with Crippen LogP contribution in [-0.2, 0) is 10.9 Å². The van der Waals surface area contributed by atoms with Gasteiger partial charge in [-0.15, -0.1) is 0 Å². The molecule has 104 valence electrons. The molecule has 1 heterocycles. The van der Waals surface area contributed by atoms with Gasteiger partial charge >= 0.3 is 6.18 Å². The van der Waals surface area contributed by atoms with Crippen LogP contribution in [0.15, 0.2) is 24.3 Å². The van der Waals surface area contributed by atoms with Crippen molar-refractivity contribution in [2.75, 3.05) is 13.2 Å². The molecular weight excluding hydrogens is 257 g/mol. The van der Waals surface area contributed by atoms with Crippen molar-refractivity contribution in [2.24, 2.45) is 5.92 Å². The molecule has 0 atom stereocenters. The minimum Gasteiger partial charge on any atom is -0.381 e. The summed E-state index contributed by atoms with van der Waals surface area (Å²) in [7, 11) is 0. The van der Waals surface area contributed by atoms with E-state index in [1.165, 1.54) is 12.1 Å². The zero-order chi connectivity index (χ0) is 13.9. The number of hydrogen-bond donors (Lipinski definition) is 0. The van der Waals surface area contributed by atoms with Crippen molar-refractivity contribution in [3.05, 3.63) is 35.4 Å². The van der Waals surface area contributed by atoms with Crippen LogP contribution in [0.25, 0.3) is 0 Å². The van der Waals surface area contributed by atoms with Gasteiger partial charge in [0.1, 0.15) is 0 Å². The Balaban J connectivity index is 2.06. The third-order valence-corrected chi connectivity index (χ3v) is 3.33. The lowest BCUT2D eigenvalue weighted by molar-refractivity contribution is -0.137. The molecule has 19 heavy (non-hydrogen) atoms. The second-order valence-electron chi connectivity index (χ2n) is 4.76. The van der Waals surface area contributed by atoms with Crippen LogP contribution in [0.3, 0.4) is 0 Å². The van der Waals surface area contributed by atoms with Gasteiger partial charge in [-0.25, -0.2) is 0 Å². The molecule has 0 aromatic heterocycles. The molecule has 0 spiro atoms. The zero-order valence-corrected chi connectivity index (χ0v) is 10.4. The molecule has 1 aromatic rings. The maximum absolute atomic E-state index is 12.6. The maximum atomic E-state index is 12.6. The van der Waals surface area contributed by atoms with Crippen molar-refractivity contribution in [1.82, 2.24) is 0 Å². The standard InChI is InChI=1S/C14H15F3O2/c15-14(16,17)12-3-1-2-11(9-12)13(18)8-10-4-6-19-7-5-10/h1-3,9-10H,4-8H2. The van der Waals surface area contributed by atoms with Crippen LogP contribution in [-0.4, -0.2) is 19.0 Å². The van der Waals surface area contributed by atoms with Gasteiger partial charge in [-0.2, -0.15) is 13.2 Å². The summed E-state index contributed by atoms with van der Waals surface area (Å²) in [4.78, 5) is 12.0. The number of carbonyl (C=O) groups is 1. The van der Waals surface area contributed by atoms with Crippen molar-refractivity contribution in [2.45, 2.75) is 25.4 Å². The molecule has 0 aliphatic carbocycles. The number of halogens is 3. The summed E-state index contributed by atoms with van der Waals surface area (Å²) in [5.74, 6) is -0.00575. The fourth-order valence-electron chi connectivity index (χ4n) is 2.20.